The van der Waals surface area contributed by atoms with E-state index in [1.54, 1.807) is 6.20 Å². The van der Waals surface area contributed by atoms with Gasteiger partial charge in [-0.25, -0.2) is 0 Å². The van der Waals surface area contributed by atoms with Crippen LogP contribution in [0.2, 0.25) is 0 Å². The third kappa shape index (κ3) is 3.93. The minimum atomic E-state index is 0.0235. The van der Waals surface area contributed by atoms with E-state index in [2.05, 4.69) is 58.2 Å². The summed E-state index contributed by atoms with van der Waals surface area (Å²) < 4.78 is 0.970. The largest absolute Gasteiger partial charge is 0.276 e. The number of rotatable bonds is 4. The van der Waals surface area contributed by atoms with Crippen molar-refractivity contribution in [2.75, 3.05) is 0 Å². The SMILES string of the molecule is CC(N=C(c1ccccc1)c1ccccc1)c1cncc(Br)c1. The van der Waals surface area contributed by atoms with Gasteiger partial charge in [0.15, 0.2) is 0 Å². The molecular weight excluding hydrogens is 348 g/mol. The lowest BCUT2D eigenvalue weighted by atomic mass is 10.0. The van der Waals surface area contributed by atoms with Gasteiger partial charge in [-0.1, -0.05) is 60.7 Å². The van der Waals surface area contributed by atoms with Gasteiger partial charge in [0.25, 0.3) is 0 Å². The van der Waals surface area contributed by atoms with Crippen LogP contribution in [0.1, 0.15) is 29.7 Å². The van der Waals surface area contributed by atoms with Gasteiger partial charge in [0.05, 0.1) is 11.8 Å². The van der Waals surface area contributed by atoms with Gasteiger partial charge in [0.1, 0.15) is 0 Å². The van der Waals surface area contributed by atoms with Crippen LogP contribution < -0.4 is 0 Å². The van der Waals surface area contributed by atoms with Crippen molar-refractivity contribution >= 4 is 21.6 Å². The Morgan fingerprint density at radius 2 is 1.48 bits per heavy atom. The van der Waals surface area contributed by atoms with Crippen molar-refractivity contribution in [1.82, 2.24) is 4.98 Å². The molecule has 3 aromatic rings. The number of benzene rings is 2. The molecule has 0 fully saturated rings. The van der Waals surface area contributed by atoms with Gasteiger partial charge >= 0.3 is 0 Å². The molecule has 0 saturated heterocycles. The van der Waals surface area contributed by atoms with E-state index < -0.39 is 0 Å². The first-order valence-corrected chi connectivity index (χ1v) is 8.32. The van der Waals surface area contributed by atoms with Crippen molar-refractivity contribution in [3.05, 3.63) is 100 Å². The van der Waals surface area contributed by atoms with Crippen molar-refractivity contribution in [3.8, 4) is 0 Å². The van der Waals surface area contributed by atoms with Crippen LogP contribution in [0.15, 0.2) is 88.6 Å². The first kappa shape index (κ1) is 15.6. The zero-order valence-electron chi connectivity index (χ0n) is 12.9. The van der Waals surface area contributed by atoms with Gasteiger partial charge in [-0.2, -0.15) is 0 Å². The summed E-state index contributed by atoms with van der Waals surface area (Å²) in [7, 11) is 0. The van der Waals surface area contributed by atoms with E-state index in [4.69, 9.17) is 4.99 Å². The van der Waals surface area contributed by atoms with Crippen LogP contribution >= 0.6 is 15.9 Å². The molecular formula is C20H17BrN2. The molecule has 0 spiro atoms. The predicted octanol–water partition coefficient (Wildman–Crippen LogP) is 5.44. The molecule has 0 aliphatic carbocycles. The standard InChI is InChI=1S/C20H17BrN2/c1-15(18-12-19(21)14-22-13-18)23-20(16-8-4-2-5-9-16)17-10-6-3-7-11-17/h2-15H,1H3. The smallest absolute Gasteiger partial charge is 0.0743 e. The molecule has 0 radical (unpaired) electrons. The average molecular weight is 365 g/mol. The quantitative estimate of drug-likeness (QED) is 0.565. The highest BCUT2D eigenvalue weighted by Gasteiger charge is 2.10. The highest BCUT2D eigenvalue weighted by Crippen LogP contribution is 2.22. The molecule has 0 aliphatic heterocycles. The maximum Gasteiger partial charge on any atom is 0.0743 e. The van der Waals surface area contributed by atoms with E-state index in [1.807, 2.05) is 42.6 Å². The van der Waals surface area contributed by atoms with Crippen molar-refractivity contribution < 1.29 is 0 Å². The molecule has 3 heteroatoms. The topological polar surface area (TPSA) is 25.2 Å². The molecule has 114 valence electrons. The van der Waals surface area contributed by atoms with Gasteiger partial charge in [-0.3, -0.25) is 9.98 Å². The second-order valence-electron chi connectivity index (χ2n) is 5.32. The summed E-state index contributed by atoms with van der Waals surface area (Å²) in [5.74, 6) is 0. The van der Waals surface area contributed by atoms with E-state index in [9.17, 15) is 0 Å². The van der Waals surface area contributed by atoms with E-state index in [0.29, 0.717) is 0 Å². The second-order valence-corrected chi connectivity index (χ2v) is 6.24. The van der Waals surface area contributed by atoms with Crippen molar-refractivity contribution in [2.24, 2.45) is 4.99 Å². The minimum Gasteiger partial charge on any atom is -0.276 e. The second kappa shape index (κ2) is 7.34. The number of aromatic nitrogens is 1. The summed E-state index contributed by atoms with van der Waals surface area (Å²) in [6.45, 7) is 2.09. The maximum absolute atomic E-state index is 4.98. The van der Waals surface area contributed by atoms with Crippen LogP contribution in [-0.4, -0.2) is 10.7 Å². The fourth-order valence-electron chi connectivity index (χ4n) is 2.43. The van der Waals surface area contributed by atoms with E-state index in [-0.39, 0.29) is 6.04 Å². The molecule has 3 rings (SSSR count). The lowest BCUT2D eigenvalue weighted by Crippen LogP contribution is -2.06. The summed E-state index contributed by atoms with van der Waals surface area (Å²) in [5, 5.41) is 0. The summed E-state index contributed by atoms with van der Waals surface area (Å²) in [4.78, 5) is 9.23. The maximum atomic E-state index is 4.98. The Bertz CT molecular complexity index is 757. The lowest BCUT2D eigenvalue weighted by molar-refractivity contribution is 0.813. The molecule has 1 atom stereocenters. The van der Waals surface area contributed by atoms with Crippen LogP contribution in [0.4, 0.5) is 0 Å². The number of hydrogen-bond acceptors (Lipinski definition) is 2. The molecule has 1 unspecified atom stereocenters. The fraction of sp³-hybridized carbons (Fsp3) is 0.100. The third-order valence-corrected chi connectivity index (χ3v) is 4.06. The molecule has 1 heterocycles. The summed E-state index contributed by atoms with van der Waals surface area (Å²) >= 11 is 3.48. The first-order chi connectivity index (χ1) is 11.2. The van der Waals surface area contributed by atoms with E-state index >= 15 is 0 Å². The normalized spacial score (nSPS) is 11.7. The minimum absolute atomic E-state index is 0.0235. The first-order valence-electron chi connectivity index (χ1n) is 7.53. The van der Waals surface area contributed by atoms with Gasteiger partial charge < -0.3 is 0 Å². The molecule has 23 heavy (non-hydrogen) atoms. The zero-order valence-corrected chi connectivity index (χ0v) is 14.4. The zero-order chi connectivity index (χ0) is 16.1. The predicted molar refractivity (Wildman–Crippen MR) is 98.9 cm³/mol. The van der Waals surface area contributed by atoms with Gasteiger partial charge in [-0.05, 0) is 34.5 Å². The van der Waals surface area contributed by atoms with Gasteiger partial charge in [0.2, 0.25) is 0 Å². The van der Waals surface area contributed by atoms with Crippen LogP contribution in [0.25, 0.3) is 0 Å². The van der Waals surface area contributed by atoms with Crippen LogP contribution in [0, 0.1) is 0 Å². The van der Waals surface area contributed by atoms with Crippen molar-refractivity contribution in [3.63, 3.8) is 0 Å². The van der Waals surface area contributed by atoms with Crippen LogP contribution in [0.3, 0.4) is 0 Å². The number of pyridine rings is 1. The van der Waals surface area contributed by atoms with Crippen LogP contribution in [0.5, 0.6) is 0 Å². The highest BCUT2D eigenvalue weighted by molar-refractivity contribution is 9.10. The Morgan fingerprint density at radius 3 is 2.00 bits per heavy atom. The molecule has 2 nitrogen and oxygen atoms in total. The molecule has 0 saturated carbocycles. The summed E-state index contributed by atoms with van der Waals surface area (Å²) in [5.41, 5.74) is 4.32. The fourth-order valence-corrected chi connectivity index (χ4v) is 2.82. The summed E-state index contributed by atoms with van der Waals surface area (Å²) in [6, 6.07) is 22.7. The van der Waals surface area contributed by atoms with Gasteiger partial charge in [-0.15, -0.1) is 0 Å². The molecule has 1 aromatic heterocycles. The third-order valence-electron chi connectivity index (χ3n) is 3.63. The molecule has 0 aliphatic rings. The number of hydrogen-bond donors (Lipinski definition) is 0. The number of nitrogens with zero attached hydrogens (tertiary/aromatic N) is 2. The molecule has 0 bridgehead atoms. The van der Waals surface area contributed by atoms with Gasteiger partial charge in [0, 0.05) is 28.0 Å². The summed E-state index contributed by atoms with van der Waals surface area (Å²) in [6.07, 6.45) is 3.65. The Kier molecular flexibility index (Phi) is 4.99. The molecule has 2 aromatic carbocycles. The van der Waals surface area contributed by atoms with Crippen molar-refractivity contribution in [1.29, 1.82) is 0 Å². The van der Waals surface area contributed by atoms with Crippen LogP contribution in [-0.2, 0) is 0 Å². The van der Waals surface area contributed by atoms with E-state index in [1.165, 1.54) is 0 Å². The Morgan fingerprint density at radius 1 is 0.913 bits per heavy atom. The molecule has 0 N–H and O–H groups in total. The van der Waals surface area contributed by atoms with Crippen molar-refractivity contribution in [2.45, 2.75) is 13.0 Å². The molecule has 0 amide bonds. The number of aliphatic imine (C=N–C) groups is 1. The average Bonchev–Trinajstić information content (AvgIpc) is 2.61. The lowest BCUT2D eigenvalue weighted by Gasteiger charge is -2.12. The Labute approximate surface area is 145 Å². The Balaban J connectivity index is 2.05. The number of halogens is 1. The van der Waals surface area contributed by atoms with E-state index in [0.717, 1.165) is 26.9 Å². The highest BCUT2D eigenvalue weighted by atomic mass is 79.9. The Hall–Kier alpha value is -2.26. The monoisotopic (exact) mass is 364 g/mol.